The molecular weight excluding hydrogens is 194 g/mol. The fraction of sp³-hybridized carbons (Fsp3) is 0. The first kappa shape index (κ1) is 8.05. The molecule has 0 aliphatic heterocycles. The van der Waals surface area contributed by atoms with Gasteiger partial charge in [-0.15, -0.1) is 0 Å². The maximum atomic E-state index is 11.5. The summed E-state index contributed by atoms with van der Waals surface area (Å²) in [6, 6.07) is 3.57. The molecule has 0 fully saturated rings. The van der Waals surface area contributed by atoms with Gasteiger partial charge in [0.1, 0.15) is 11.7 Å². The molecule has 0 radical (unpaired) electrons. The molecule has 0 amide bonds. The maximum absolute atomic E-state index is 11.5. The van der Waals surface area contributed by atoms with Gasteiger partial charge in [0.05, 0.1) is 10.9 Å². The molecular formula is C10H5N3O2. The largest absolute Gasteiger partial charge is 0.403 e. The first-order chi connectivity index (χ1) is 7.36. The van der Waals surface area contributed by atoms with Crippen molar-refractivity contribution in [2.45, 2.75) is 0 Å². The topological polar surface area (TPSA) is 68.9 Å². The summed E-state index contributed by atoms with van der Waals surface area (Å²) < 4.78 is 5.03. The molecule has 3 aromatic heterocycles. The summed E-state index contributed by atoms with van der Waals surface area (Å²) in [4.78, 5) is 23.3. The molecule has 0 saturated carbocycles. The Kier molecular flexibility index (Phi) is 1.53. The van der Waals surface area contributed by atoms with Crippen molar-refractivity contribution in [3.05, 3.63) is 41.3 Å². The molecule has 3 heterocycles. The number of pyridine rings is 1. The fourth-order valence-corrected chi connectivity index (χ4v) is 1.49. The predicted molar refractivity (Wildman–Crippen MR) is 53.4 cm³/mol. The van der Waals surface area contributed by atoms with Crippen LogP contribution in [0, 0.1) is 0 Å². The highest BCUT2D eigenvalue weighted by Gasteiger charge is 2.07. The van der Waals surface area contributed by atoms with E-state index in [1.165, 1.54) is 12.5 Å². The van der Waals surface area contributed by atoms with Gasteiger partial charge in [0, 0.05) is 12.4 Å². The first-order valence-electron chi connectivity index (χ1n) is 4.34. The van der Waals surface area contributed by atoms with E-state index in [0.29, 0.717) is 16.6 Å². The zero-order valence-corrected chi connectivity index (χ0v) is 7.54. The van der Waals surface area contributed by atoms with Crippen LogP contribution in [0.3, 0.4) is 0 Å². The third-order valence-corrected chi connectivity index (χ3v) is 2.15. The molecule has 0 aliphatic carbocycles. The number of rotatable bonds is 0. The quantitative estimate of drug-likeness (QED) is 0.507. The van der Waals surface area contributed by atoms with Crippen LogP contribution in [0.4, 0.5) is 0 Å². The van der Waals surface area contributed by atoms with E-state index in [9.17, 15) is 4.79 Å². The van der Waals surface area contributed by atoms with Gasteiger partial charge in [0.2, 0.25) is 5.71 Å². The van der Waals surface area contributed by atoms with E-state index < -0.39 is 5.63 Å². The van der Waals surface area contributed by atoms with Gasteiger partial charge in [0.15, 0.2) is 0 Å². The third-order valence-electron chi connectivity index (χ3n) is 2.15. The molecule has 3 aromatic rings. The molecule has 0 aromatic carbocycles. The average molecular weight is 199 g/mol. The van der Waals surface area contributed by atoms with Crippen molar-refractivity contribution in [2.24, 2.45) is 0 Å². The normalized spacial score (nSPS) is 10.9. The summed E-state index contributed by atoms with van der Waals surface area (Å²) >= 11 is 0. The van der Waals surface area contributed by atoms with Gasteiger partial charge in [0.25, 0.3) is 0 Å². The Labute approximate surface area is 83.4 Å². The second-order valence-electron chi connectivity index (χ2n) is 3.03. The number of fused-ring (bicyclic) bond motifs is 3. The van der Waals surface area contributed by atoms with Crippen molar-refractivity contribution < 1.29 is 4.42 Å². The van der Waals surface area contributed by atoms with Crippen LogP contribution in [0.1, 0.15) is 0 Å². The molecule has 0 spiro atoms. The Morgan fingerprint density at radius 2 is 2.13 bits per heavy atom. The lowest BCUT2D eigenvalue weighted by Gasteiger charge is -1.98. The summed E-state index contributed by atoms with van der Waals surface area (Å²) in [7, 11) is 0. The van der Waals surface area contributed by atoms with Gasteiger partial charge in [-0.1, -0.05) is 0 Å². The van der Waals surface area contributed by atoms with E-state index in [2.05, 4.69) is 15.0 Å². The predicted octanol–water partition coefficient (Wildman–Crippen LogP) is 1.13. The molecule has 3 rings (SSSR count). The molecule has 0 aliphatic rings. The molecule has 0 bridgehead atoms. The number of hydrogen-bond donors (Lipinski definition) is 0. The standard InChI is InChI=1S/C10H5N3O2/c14-10-7-4-11-5-13-8(7)6-2-1-3-12-9(6)15-10/h1-5H. The molecule has 0 atom stereocenters. The van der Waals surface area contributed by atoms with Crippen LogP contribution in [0.5, 0.6) is 0 Å². The molecule has 0 unspecified atom stereocenters. The fourth-order valence-electron chi connectivity index (χ4n) is 1.49. The summed E-state index contributed by atoms with van der Waals surface area (Å²) in [6.07, 6.45) is 4.41. The van der Waals surface area contributed by atoms with Crippen LogP contribution in [-0.4, -0.2) is 15.0 Å². The summed E-state index contributed by atoms with van der Waals surface area (Å²) in [6.45, 7) is 0. The highest BCUT2D eigenvalue weighted by Crippen LogP contribution is 2.17. The van der Waals surface area contributed by atoms with Gasteiger partial charge in [-0.2, -0.15) is 0 Å². The Morgan fingerprint density at radius 3 is 3.07 bits per heavy atom. The van der Waals surface area contributed by atoms with Crippen molar-refractivity contribution in [1.29, 1.82) is 0 Å². The van der Waals surface area contributed by atoms with Crippen LogP contribution in [-0.2, 0) is 0 Å². The molecule has 5 nitrogen and oxygen atoms in total. The van der Waals surface area contributed by atoms with Crippen molar-refractivity contribution in [3.8, 4) is 0 Å². The molecule has 72 valence electrons. The van der Waals surface area contributed by atoms with E-state index >= 15 is 0 Å². The van der Waals surface area contributed by atoms with Crippen LogP contribution in [0.2, 0.25) is 0 Å². The SMILES string of the molecule is O=c1oc2ncccc2c2ncncc12. The van der Waals surface area contributed by atoms with Gasteiger partial charge in [-0.05, 0) is 12.1 Å². The number of hydrogen-bond acceptors (Lipinski definition) is 5. The van der Waals surface area contributed by atoms with E-state index in [0.717, 1.165) is 5.39 Å². The maximum Gasteiger partial charge on any atom is 0.348 e. The molecule has 0 saturated heterocycles. The lowest BCUT2D eigenvalue weighted by molar-refractivity contribution is 0.557. The molecule has 5 heteroatoms. The lowest BCUT2D eigenvalue weighted by atomic mass is 10.2. The van der Waals surface area contributed by atoms with Crippen LogP contribution < -0.4 is 5.63 Å². The molecule has 15 heavy (non-hydrogen) atoms. The van der Waals surface area contributed by atoms with E-state index in [-0.39, 0.29) is 0 Å². The van der Waals surface area contributed by atoms with Gasteiger partial charge in [-0.3, -0.25) is 0 Å². The lowest BCUT2D eigenvalue weighted by Crippen LogP contribution is -2.02. The second kappa shape index (κ2) is 2.84. The molecule has 0 N–H and O–H groups in total. The van der Waals surface area contributed by atoms with Crippen molar-refractivity contribution in [3.63, 3.8) is 0 Å². The number of aromatic nitrogens is 3. The van der Waals surface area contributed by atoms with E-state index in [1.807, 2.05) is 0 Å². The van der Waals surface area contributed by atoms with Crippen LogP contribution >= 0.6 is 0 Å². The van der Waals surface area contributed by atoms with Gasteiger partial charge in [-0.25, -0.2) is 19.7 Å². The van der Waals surface area contributed by atoms with Crippen LogP contribution in [0.15, 0.2) is 40.1 Å². The highest BCUT2D eigenvalue weighted by atomic mass is 16.4. The average Bonchev–Trinajstić information content (AvgIpc) is 2.30. The monoisotopic (exact) mass is 199 g/mol. The minimum atomic E-state index is -0.461. The Balaban J connectivity index is 2.70. The Morgan fingerprint density at radius 1 is 1.20 bits per heavy atom. The second-order valence-corrected chi connectivity index (χ2v) is 3.03. The van der Waals surface area contributed by atoms with Crippen molar-refractivity contribution in [2.75, 3.05) is 0 Å². The van der Waals surface area contributed by atoms with Gasteiger partial charge < -0.3 is 4.42 Å². The van der Waals surface area contributed by atoms with Crippen molar-refractivity contribution >= 4 is 22.0 Å². The van der Waals surface area contributed by atoms with Crippen LogP contribution in [0.25, 0.3) is 22.0 Å². The Hall–Kier alpha value is -2.30. The van der Waals surface area contributed by atoms with E-state index in [4.69, 9.17) is 4.42 Å². The van der Waals surface area contributed by atoms with Crippen molar-refractivity contribution in [1.82, 2.24) is 15.0 Å². The van der Waals surface area contributed by atoms with Gasteiger partial charge >= 0.3 is 5.63 Å². The minimum Gasteiger partial charge on any atom is -0.403 e. The first-order valence-corrected chi connectivity index (χ1v) is 4.34. The smallest absolute Gasteiger partial charge is 0.348 e. The van der Waals surface area contributed by atoms with E-state index in [1.54, 1.807) is 18.3 Å². The Bertz CT molecular complexity index is 705. The summed E-state index contributed by atoms with van der Waals surface area (Å²) in [5.41, 5.74) is 0.412. The number of nitrogens with zero attached hydrogens (tertiary/aromatic N) is 3. The highest BCUT2D eigenvalue weighted by molar-refractivity contribution is 5.99. The summed E-state index contributed by atoms with van der Waals surface area (Å²) in [5.74, 6) is 0. The third kappa shape index (κ3) is 1.10. The minimum absolute atomic E-state index is 0.300. The summed E-state index contributed by atoms with van der Waals surface area (Å²) in [5, 5.41) is 1.09. The zero-order chi connectivity index (χ0) is 10.3. The zero-order valence-electron chi connectivity index (χ0n) is 7.54.